The summed E-state index contributed by atoms with van der Waals surface area (Å²) in [7, 11) is -1.35. The summed E-state index contributed by atoms with van der Waals surface area (Å²) in [4.78, 5) is 14.0. The minimum atomic E-state index is -3.01. The molecule has 1 fully saturated rings. The third-order valence-electron chi connectivity index (χ3n) is 4.23. The zero-order valence-corrected chi connectivity index (χ0v) is 13.9. The second kappa shape index (κ2) is 5.92. The molecule has 0 aromatic heterocycles. The largest absolute Gasteiger partial charge is 0.454 e. The Morgan fingerprint density at radius 2 is 2.09 bits per heavy atom. The Kier molecular flexibility index (Phi) is 4.09. The number of amides is 1. The van der Waals surface area contributed by atoms with Crippen LogP contribution in [0.25, 0.3) is 0 Å². The predicted octanol–water partition coefficient (Wildman–Crippen LogP) is 0.861. The lowest BCUT2D eigenvalue weighted by molar-refractivity contribution is -0.132. The van der Waals surface area contributed by atoms with Gasteiger partial charge in [0, 0.05) is 24.8 Å². The summed E-state index contributed by atoms with van der Waals surface area (Å²) in [6.07, 6.45) is 0.501. The fraction of sp³-hybridized carbons (Fsp3) is 0.533. The molecule has 8 heteroatoms. The molecule has 1 amide bonds. The van der Waals surface area contributed by atoms with Gasteiger partial charge in [0.25, 0.3) is 0 Å². The summed E-state index contributed by atoms with van der Waals surface area (Å²) in [6.45, 7) is 1.96. The molecule has 2 aliphatic heterocycles. The van der Waals surface area contributed by atoms with Gasteiger partial charge in [0.15, 0.2) is 21.3 Å². The Morgan fingerprint density at radius 1 is 1.35 bits per heavy atom. The van der Waals surface area contributed by atoms with E-state index in [4.69, 9.17) is 9.47 Å². The van der Waals surface area contributed by atoms with E-state index in [2.05, 4.69) is 5.32 Å². The number of sulfone groups is 1. The van der Waals surface area contributed by atoms with Gasteiger partial charge < -0.3 is 19.7 Å². The Morgan fingerprint density at radius 3 is 2.78 bits per heavy atom. The first kappa shape index (κ1) is 15.9. The molecule has 2 aliphatic rings. The standard InChI is InChI=1S/C15H20N2O5S/c1-10(15(18)17(2)12-5-6-23(19,20)8-12)16-11-3-4-13-14(7-11)22-9-21-13/h3-4,7,10,12,16H,5-6,8-9H2,1-2H3. The van der Waals surface area contributed by atoms with Gasteiger partial charge in [-0.05, 0) is 25.5 Å². The molecule has 2 atom stereocenters. The molecular formula is C15H20N2O5S. The number of ether oxygens (including phenoxy) is 2. The molecule has 0 aliphatic carbocycles. The van der Waals surface area contributed by atoms with Crippen LogP contribution in [0.2, 0.25) is 0 Å². The highest BCUT2D eigenvalue weighted by Gasteiger charge is 2.34. The van der Waals surface area contributed by atoms with Crippen LogP contribution in [0.4, 0.5) is 5.69 Å². The Hall–Kier alpha value is -1.96. The maximum Gasteiger partial charge on any atom is 0.244 e. The number of hydrogen-bond donors (Lipinski definition) is 1. The van der Waals surface area contributed by atoms with E-state index in [0.717, 1.165) is 5.69 Å². The molecule has 1 aromatic rings. The van der Waals surface area contributed by atoms with E-state index < -0.39 is 15.9 Å². The van der Waals surface area contributed by atoms with Crippen molar-refractivity contribution >= 4 is 21.4 Å². The quantitative estimate of drug-likeness (QED) is 0.875. The maximum absolute atomic E-state index is 12.5. The molecule has 0 bridgehead atoms. The minimum Gasteiger partial charge on any atom is -0.454 e. The second-order valence-electron chi connectivity index (χ2n) is 5.94. The number of fused-ring (bicyclic) bond motifs is 1. The van der Waals surface area contributed by atoms with Gasteiger partial charge in [-0.15, -0.1) is 0 Å². The van der Waals surface area contributed by atoms with Crippen molar-refractivity contribution in [3.63, 3.8) is 0 Å². The lowest BCUT2D eigenvalue weighted by Crippen LogP contribution is -2.45. The number of nitrogens with zero attached hydrogens (tertiary/aromatic N) is 1. The summed E-state index contributed by atoms with van der Waals surface area (Å²) in [5.74, 6) is 1.39. The summed E-state index contributed by atoms with van der Waals surface area (Å²) < 4.78 is 33.7. The van der Waals surface area contributed by atoms with Crippen molar-refractivity contribution in [2.45, 2.75) is 25.4 Å². The Balaban J connectivity index is 1.63. The van der Waals surface area contributed by atoms with E-state index in [1.165, 1.54) is 4.90 Å². The zero-order chi connectivity index (χ0) is 16.6. The number of nitrogens with one attached hydrogen (secondary N) is 1. The number of likely N-dealkylation sites (N-methyl/N-ethyl adjacent to an activating group) is 1. The lowest BCUT2D eigenvalue weighted by atomic mass is 10.2. The van der Waals surface area contributed by atoms with Crippen molar-refractivity contribution in [1.29, 1.82) is 0 Å². The van der Waals surface area contributed by atoms with E-state index in [-0.39, 0.29) is 30.2 Å². The molecule has 126 valence electrons. The smallest absolute Gasteiger partial charge is 0.244 e. The van der Waals surface area contributed by atoms with E-state index in [0.29, 0.717) is 17.9 Å². The van der Waals surface area contributed by atoms with Crippen molar-refractivity contribution in [1.82, 2.24) is 4.90 Å². The summed E-state index contributed by atoms with van der Waals surface area (Å²) in [6, 6.07) is 4.68. The van der Waals surface area contributed by atoms with Crippen LogP contribution in [0.5, 0.6) is 11.5 Å². The molecule has 23 heavy (non-hydrogen) atoms. The number of hydrogen-bond acceptors (Lipinski definition) is 6. The van der Waals surface area contributed by atoms with Crippen molar-refractivity contribution < 1.29 is 22.7 Å². The highest BCUT2D eigenvalue weighted by atomic mass is 32.2. The monoisotopic (exact) mass is 340 g/mol. The maximum atomic E-state index is 12.5. The number of rotatable bonds is 4. The fourth-order valence-electron chi connectivity index (χ4n) is 2.86. The van der Waals surface area contributed by atoms with Gasteiger partial charge in [0.2, 0.25) is 12.7 Å². The van der Waals surface area contributed by atoms with Crippen LogP contribution >= 0.6 is 0 Å². The second-order valence-corrected chi connectivity index (χ2v) is 8.17. The van der Waals surface area contributed by atoms with Gasteiger partial charge in [0.05, 0.1) is 11.5 Å². The number of benzene rings is 1. The fourth-order valence-corrected chi connectivity index (χ4v) is 4.64. The molecule has 7 nitrogen and oxygen atoms in total. The van der Waals surface area contributed by atoms with Crippen LogP contribution in [-0.4, -0.2) is 56.7 Å². The topological polar surface area (TPSA) is 84.9 Å². The van der Waals surface area contributed by atoms with E-state index >= 15 is 0 Å². The van der Waals surface area contributed by atoms with Crippen molar-refractivity contribution in [3.05, 3.63) is 18.2 Å². The predicted molar refractivity (Wildman–Crippen MR) is 85.5 cm³/mol. The lowest BCUT2D eigenvalue weighted by Gasteiger charge is -2.27. The van der Waals surface area contributed by atoms with Gasteiger partial charge in [-0.3, -0.25) is 4.79 Å². The van der Waals surface area contributed by atoms with Crippen molar-refractivity contribution in [3.8, 4) is 11.5 Å². The van der Waals surface area contributed by atoms with Crippen LogP contribution in [0.3, 0.4) is 0 Å². The van der Waals surface area contributed by atoms with E-state index in [9.17, 15) is 13.2 Å². The summed E-state index contributed by atoms with van der Waals surface area (Å²) >= 11 is 0. The number of carbonyl (C=O) groups excluding carboxylic acids is 1. The first-order valence-electron chi connectivity index (χ1n) is 7.49. The molecule has 0 spiro atoms. The van der Waals surface area contributed by atoms with Gasteiger partial charge in [-0.25, -0.2) is 8.42 Å². The van der Waals surface area contributed by atoms with Gasteiger partial charge in [0.1, 0.15) is 6.04 Å². The van der Waals surface area contributed by atoms with E-state index in [1.807, 2.05) is 6.07 Å². The average molecular weight is 340 g/mol. The highest BCUT2D eigenvalue weighted by molar-refractivity contribution is 7.91. The average Bonchev–Trinajstić information content (AvgIpc) is 3.11. The van der Waals surface area contributed by atoms with Crippen LogP contribution < -0.4 is 14.8 Å². The molecule has 1 saturated heterocycles. The summed E-state index contributed by atoms with van der Waals surface area (Å²) in [5, 5.41) is 3.12. The number of carbonyl (C=O) groups is 1. The van der Waals surface area contributed by atoms with Crippen molar-refractivity contribution in [2.75, 3.05) is 30.7 Å². The Labute approximate surface area is 135 Å². The number of anilines is 1. The van der Waals surface area contributed by atoms with Crippen LogP contribution in [0.1, 0.15) is 13.3 Å². The minimum absolute atomic E-state index is 0.0476. The van der Waals surface area contributed by atoms with Crippen LogP contribution in [0.15, 0.2) is 18.2 Å². The molecule has 0 saturated carbocycles. The molecular weight excluding hydrogens is 320 g/mol. The molecule has 2 unspecified atom stereocenters. The SMILES string of the molecule is CC(Nc1ccc2c(c1)OCO2)C(=O)N(C)C1CCS(=O)(=O)C1. The molecule has 0 radical (unpaired) electrons. The van der Waals surface area contributed by atoms with Crippen LogP contribution in [0, 0.1) is 0 Å². The molecule has 1 aromatic carbocycles. The van der Waals surface area contributed by atoms with Gasteiger partial charge in [-0.1, -0.05) is 0 Å². The van der Waals surface area contributed by atoms with Crippen molar-refractivity contribution in [2.24, 2.45) is 0 Å². The molecule has 2 heterocycles. The van der Waals surface area contributed by atoms with Gasteiger partial charge in [-0.2, -0.15) is 0 Å². The highest BCUT2D eigenvalue weighted by Crippen LogP contribution is 2.34. The van der Waals surface area contributed by atoms with Gasteiger partial charge >= 0.3 is 0 Å². The first-order chi connectivity index (χ1) is 10.9. The molecule has 1 N–H and O–H groups in total. The zero-order valence-electron chi connectivity index (χ0n) is 13.1. The van der Waals surface area contributed by atoms with E-state index in [1.54, 1.807) is 26.1 Å². The Bertz CT molecular complexity index is 719. The summed E-state index contributed by atoms with van der Waals surface area (Å²) in [5.41, 5.74) is 0.752. The first-order valence-corrected chi connectivity index (χ1v) is 9.31. The normalized spacial score (nSPS) is 22.6. The van der Waals surface area contributed by atoms with Crippen LogP contribution in [-0.2, 0) is 14.6 Å². The third-order valence-corrected chi connectivity index (χ3v) is 5.98. The molecule has 3 rings (SSSR count). The third kappa shape index (κ3) is 3.36.